The molecule has 0 heterocycles. The summed E-state index contributed by atoms with van der Waals surface area (Å²) in [6.07, 6.45) is 0.850. The minimum absolute atomic E-state index is 0.395. The maximum absolute atomic E-state index is 9.73. The molecule has 0 bridgehead atoms. The molecule has 0 aliphatic carbocycles. The van der Waals surface area contributed by atoms with Gasteiger partial charge in [-0.2, -0.15) is 0 Å². The third-order valence-corrected chi connectivity index (χ3v) is 2.24. The van der Waals surface area contributed by atoms with Gasteiger partial charge in [0.15, 0.2) is 0 Å². The first kappa shape index (κ1) is 11.6. The quantitative estimate of drug-likeness (QED) is 0.581. The number of aromatic hydroxyl groups is 1. The second-order valence-electron chi connectivity index (χ2n) is 3.44. The monoisotopic (exact) mass is 203 g/mol. The van der Waals surface area contributed by atoms with Gasteiger partial charge in [-0.1, -0.05) is 18.2 Å². The fourth-order valence-corrected chi connectivity index (χ4v) is 1.36. The lowest BCUT2D eigenvalue weighted by atomic mass is 10.1. The number of rotatable bonds is 4. The molecule has 1 rings (SSSR count). The first-order valence-electron chi connectivity index (χ1n) is 5.13. The molecule has 0 saturated carbocycles. The molecule has 0 atom stereocenters. The fraction of sp³-hybridized carbons (Fsp3) is 0.385. The highest BCUT2D eigenvalue weighted by molar-refractivity contribution is 5.39. The highest BCUT2D eigenvalue weighted by Gasteiger charge is 2.01. The minimum atomic E-state index is 0.395. The van der Waals surface area contributed by atoms with E-state index >= 15 is 0 Å². The average molecular weight is 203 g/mol. The second-order valence-corrected chi connectivity index (χ2v) is 3.44. The number of aryl methyl sites for hydroxylation is 1. The number of hydrogen-bond donors (Lipinski definition) is 2. The maximum Gasteiger partial charge on any atom is 0.122 e. The molecule has 0 aliphatic rings. The highest BCUT2D eigenvalue weighted by Crippen LogP contribution is 2.20. The zero-order valence-corrected chi connectivity index (χ0v) is 9.30. The number of hydrogen-bond acceptors (Lipinski definition) is 2. The van der Waals surface area contributed by atoms with Gasteiger partial charge < -0.3 is 10.4 Å². The van der Waals surface area contributed by atoms with Crippen LogP contribution in [0.15, 0.2) is 18.2 Å². The van der Waals surface area contributed by atoms with Crippen molar-refractivity contribution in [2.75, 3.05) is 6.54 Å². The van der Waals surface area contributed by atoms with Crippen molar-refractivity contribution in [2.45, 2.75) is 26.8 Å². The molecule has 2 heteroatoms. The van der Waals surface area contributed by atoms with Crippen molar-refractivity contribution in [3.8, 4) is 17.6 Å². The summed E-state index contributed by atoms with van der Waals surface area (Å²) >= 11 is 0. The van der Waals surface area contributed by atoms with Gasteiger partial charge in [0.1, 0.15) is 5.75 Å². The lowest BCUT2D eigenvalue weighted by Gasteiger charge is -2.07. The van der Waals surface area contributed by atoms with Gasteiger partial charge in [-0.15, -0.1) is 11.8 Å². The van der Waals surface area contributed by atoms with Gasteiger partial charge in [-0.25, -0.2) is 0 Å². The fourth-order valence-electron chi connectivity index (χ4n) is 1.36. The Bertz CT molecular complexity index is 374. The van der Waals surface area contributed by atoms with Crippen molar-refractivity contribution in [3.05, 3.63) is 29.3 Å². The van der Waals surface area contributed by atoms with E-state index in [1.807, 2.05) is 32.0 Å². The van der Waals surface area contributed by atoms with Crippen LogP contribution in [0.3, 0.4) is 0 Å². The molecule has 0 saturated heterocycles. The van der Waals surface area contributed by atoms with E-state index in [2.05, 4.69) is 17.2 Å². The molecule has 0 amide bonds. The van der Waals surface area contributed by atoms with Crippen LogP contribution in [0.25, 0.3) is 0 Å². The Morgan fingerprint density at radius 3 is 2.93 bits per heavy atom. The summed E-state index contributed by atoms with van der Waals surface area (Å²) in [6, 6.07) is 5.79. The number of phenols is 1. The molecule has 0 unspecified atom stereocenters. The van der Waals surface area contributed by atoms with Crippen LogP contribution in [0, 0.1) is 18.8 Å². The van der Waals surface area contributed by atoms with Gasteiger partial charge in [0.2, 0.25) is 0 Å². The summed E-state index contributed by atoms with van der Waals surface area (Å²) in [5.74, 6) is 6.23. The van der Waals surface area contributed by atoms with Crippen LogP contribution in [-0.2, 0) is 6.54 Å². The van der Waals surface area contributed by atoms with Crippen molar-refractivity contribution in [1.82, 2.24) is 5.32 Å². The molecule has 1 aromatic carbocycles. The minimum Gasteiger partial charge on any atom is -0.507 e. The molecular formula is C13H17NO. The van der Waals surface area contributed by atoms with E-state index in [1.54, 1.807) is 0 Å². The van der Waals surface area contributed by atoms with Gasteiger partial charge in [0.25, 0.3) is 0 Å². The number of benzene rings is 1. The van der Waals surface area contributed by atoms with Gasteiger partial charge in [0.05, 0.1) is 0 Å². The largest absolute Gasteiger partial charge is 0.507 e. The van der Waals surface area contributed by atoms with Gasteiger partial charge >= 0.3 is 0 Å². The smallest absolute Gasteiger partial charge is 0.122 e. The standard InChI is InChI=1S/C13H17NO/c1-3-4-5-9-14-10-12-8-6-7-11(2)13(12)15/h6-8,14-15H,5,9-10H2,1-2H3. The zero-order chi connectivity index (χ0) is 11.1. The van der Waals surface area contributed by atoms with Gasteiger partial charge in [-0.05, 0) is 19.4 Å². The van der Waals surface area contributed by atoms with E-state index in [9.17, 15) is 5.11 Å². The third-order valence-electron chi connectivity index (χ3n) is 2.24. The summed E-state index contributed by atoms with van der Waals surface area (Å²) in [4.78, 5) is 0. The Balaban J connectivity index is 2.43. The molecule has 15 heavy (non-hydrogen) atoms. The first-order valence-corrected chi connectivity index (χ1v) is 5.13. The average Bonchev–Trinajstić information content (AvgIpc) is 2.24. The van der Waals surface area contributed by atoms with E-state index in [0.717, 1.165) is 24.1 Å². The first-order chi connectivity index (χ1) is 7.25. The molecular weight excluding hydrogens is 186 g/mol. The van der Waals surface area contributed by atoms with Crippen molar-refractivity contribution in [1.29, 1.82) is 0 Å². The predicted molar refractivity (Wildman–Crippen MR) is 62.6 cm³/mol. The van der Waals surface area contributed by atoms with Crippen LogP contribution < -0.4 is 5.32 Å². The summed E-state index contributed by atoms with van der Waals surface area (Å²) < 4.78 is 0. The van der Waals surface area contributed by atoms with Crippen LogP contribution in [0.5, 0.6) is 5.75 Å². The Morgan fingerprint density at radius 2 is 2.20 bits per heavy atom. The molecule has 2 nitrogen and oxygen atoms in total. The van der Waals surface area contributed by atoms with E-state index < -0.39 is 0 Å². The van der Waals surface area contributed by atoms with Crippen molar-refractivity contribution in [2.24, 2.45) is 0 Å². The molecule has 0 aromatic heterocycles. The Hall–Kier alpha value is -1.46. The van der Waals surface area contributed by atoms with E-state index in [1.165, 1.54) is 0 Å². The summed E-state index contributed by atoms with van der Waals surface area (Å²) in [5, 5.41) is 13.0. The number of phenolic OH excluding ortho intramolecular Hbond substituents is 1. The van der Waals surface area contributed by atoms with Crippen LogP contribution >= 0.6 is 0 Å². The van der Waals surface area contributed by atoms with Crippen LogP contribution in [-0.4, -0.2) is 11.7 Å². The van der Waals surface area contributed by atoms with Crippen molar-refractivity contribution >= 4 is 0 Å². The molecule has 0 spiro atoms. The lowest BCUT2D eigenvalue weighted by Crippen LogP contribution is -2.14. The Kier molecular flexibility index (Phi) is 4.73. The molecule has 80 valence electrons. The van der Waals surface area contributed by atoms with E-state index in [-0.39, 0.29) is 0 Å². The molecule has 0 radical (unpaired) electrons. The number of nitrogens with one attached hydrogen (secondary N) is 1. The topological polar surface area (TPSA) is 32.3 Å². The predicted octanol–water partition coefficient (Wildman–Crippen LogP) is 2.20. The second kappa shape index (κ2) is 6.10. The molecule has 2 N–H and O–H groups in total. The normalized spacial score (nSPS) is 9.47. The number of para-hydroxylation sites is 1. The van der Waals surface area contributed by atoms with Gasteiger partial charge in [0, 0.05) is 25.1 Å². The summed E-state index contributed by atoms with van der Waals surface area (Å²) in [7, 11) is 0. The Morgan fingerprint density at radius 1 is 1.40 bits per heavy atom. The van der Waals surface area contributed by atoms with Crippen LogP contribution in [0.4, 0.5) is 0 Å². The lowest BCUT2D eigenvalue weighted by molar-refractivity contribution is 0.460. The highest BCUT2D eigenvalue weighted by atomic mass is 16.3. The Labute approximate surface area is 91.3 Å². The zero-order valence-electron chi connectivity index (χ0n) is 9.30. The van der Waals surface area contributed by atoms with Crippen molar-refractivity contribution in [3.63, 3.8) is 0 Å². The summed E-state index contributed by atoms with van der Waals surface area (Å²) in [5.41, 5.74) is 1.86. The van der Waals surface area contributed by atoms with E-state index in [4.69, 9.17) is 0 Å². The van der Waals surface area contributed by atoms with E-state index in [0.29, 0.717) is 12.3 Å². The molecule has 0 aliphatic heterocycles. The van der Waals surface area contributed by atoms with Crippen LogP contribution in [0.2, 0.25) is 0 Å². The molecule has 0 fully saturated rings. The summed E-state index contributed by atoms with van der Waals surface area (Å²) in [6.45, 7) is 5.29. The van der Waals surface area contributed by atoms with Gasteiger partial charge in [-0.3, -0.25) is 0 Å². The van der Waals surface area contributed by atoms with Crippen molar-refractivity contribution < 1.29 is 5.11 Å². The third kappa shape index (κ3) is 3.65. The maximum atomic E-state index is 9.73. The van der Waals surface area contributed by atoms with Crippen LogP contribution in [0.1, 0.15) is 24.5 Å². The SMILES string of the molecule is CC#CCCNCc1cccc(C)c1O. The molecule has 1 aromatic rings.